The highest BCUT2D eigenvalue weighted by atomic mass is 16.5. The summed E-state index contributed by atoms with van der Waals surface area (Å²) in [5, 5.41) is 4.36. The van der Waals surface area contributed by atoms with E-state index in [0.717, 1.165) is 22.5 Å². The smallest absolute Gasteiger partial charge is 0.287 e. The van der Waals surface area contributed by atoms with Gasteiger partial charge in [0.2, 0.25) is 0 Å². The maximum absolute atomic E-state index is 12.6. The van der Waals surface area contributed by atoms with Crippen molar-refractivity contribution in [3.63, 3.8) is 0 Å². The van der Waals surface area contributed by atoms with E-state index in [4.69, 9.17) is 4.74 Å². The number of aromatic nitrogens is 2. The number of carbonyl (C=O) groups is 1. The van der Waals surface area contributed by atoms with Crippen LogP contribution in [0.5, 0.6) is 5.75 Å². The highest BCUT2D eigenvalue weighted by molar-refractivity contribution is 5.83. The van der Waals surface area contributed by atoms with Crippen molar-refractivity contribution in [3.8, 4) is 5.75 Å². The van der Waals surface area contributed by atoms with E-state index in [-0.39, 0.29) is 5.91 Å². The third kappa shape index (κ3) is 3.52. The minimum atomic E-state index is -0.605. The Morgan fingerprint density at radius 3 is 2.61 bits per heavy atom. The molecule has 1 aromatic heterocycles. The van der Waals surface area contributed by atoms with Crippen molar-refractivity contribution in [2.24, 2.45) is 0 Å². The van der Waals surface area contributed by atoms with Crippen LogP contribution in [-0.4, -0.2) is 21.8 Å². The van der Waals surface area contributed by atoms with Gasteiger partial charge in [0.15, 0.2) is 6.10 Å². The fourth-order valence-electron chi connectivity index (χ4n) is 2.54. The molecular formula is C19H24N2O2. The fraction of sp³-hybridized carbons (Fsp3) is 0.368. The number of hydrogen-bond acceptors (Lipinski definition) is 3. The molecule has 1 unspecified atom stereocenters. The number of nitrogens with zero attached hydrogens (tertiary/aromatic N) is 2. The topological polar surface area (TPSA) is 44.1 Å². The first-order valence-corrected chi connectivity index (χ1v) is 7.79. The second-order valence-electron chi connectivity index (χ2n) is 5.90. The molecule has 0 saturated carbocycles. The molecule has 0 aliphatic carbocycles. The first kappa shape index (κ1) is 17.0. The summed E-state index contributed by atoms with van der Waals surface area (Å²) in [5.41, 5.74) is 5.09. The Bertz CT molecular complexity index is 744. The van der Waals surface area contributed by atoms with Crippen LogP contribution in [0.15, 0.2) is 30.9 Å². The molecule has 0 aliphatic rings. The Morgan fingerprint density at radius 1 is 1.30 bits per heavy atom. The Morgan fingerprint density at radius 2 is 2.00 bits per heavy atom. The van der Waals surface area contributed by atoms with E-state index in [2.05, 4.69) is 11.7 Å². The minimum Gasteiger partial charge on any atom is -0.481 e. The Hall–Kier alpha value is -2.36. The fourth-order valence-corrected chi connectivity index (χ4v) is 2.54. The van der Waals surface area contributed by atoms with Crippen LogP contribution >= 0.6 is 0 Å². The molecule has 4 nitrogen and oxygen atoms in total. The van der Waals surface area contributed by atoms with Crippen LogP contribution in [0.3, 0.4) is 0 Å². The van der Waals surface area contributed by atoms with E-state index in [0.29, 0.717) is 12.2 Å². The molecular weight excluding hydrogens is 288 g/mol. The number of benzene rings is 1. The SMILES string of the molecule is C=CCc1c(C)nn(C(=O)C(C)Oc2ccc(C)c(C)c2)c1C. The van der Waals surface area contributed by atoms with Crippen LogP contribution in [0, 0.1) is 27.7 Å². The quantitative estimate of drug-likeness (QED) is 0.785. The van der Waals surface area contributed by atoms with Crippen LogP contribution in [0.1, 0.15) is 39.8 Å². The van der Waals surface area contributed by atoms with Crippen molar-refractivity contribution in [1.82, 2.24) is 9.78 Å². The van der Waals surface area contributed by atoms with Crippen LogP contribution < -0.4 is 4.74 Å². The summed E-state index contributed by atoms with van der Waals surface area (Å²) in [6, 6.07) is 5.83. The van der Waals surface area contributed by atoms with Crippen molar-refractivity contribution in [2.45, 2.75) is 47.1 Å². The van der Waals surface area contributed by atoms with Crippen LogP contribution in [0.4, 0.5) is 0 Å². The zero-order chi connectivity index (χ0) is 17.1. The van der Waals surface area contributed by atoms with Crippen LogP contribution in [0.25, 0.3) is 0 Å². The highest BCUT2D eigenvalue weighted by Gasteiger charge is 2.22. The van der Waals surface area contributed by atoms with Gasteiger partial charge in [0.05, 0.1) is 5.69 Å². The predicted molar refractivity (Wildman–Crippen MR) is 92.2 cm³/mol. The van der Waals surface area contributed by atoms with E-state index < -0.39 is 6.10 Å². The molecule has 2 aromatic rings. The molecule has 4 heteroatoms. The molecule has 0 fully saturated rings. The molecule has 0 N–H and O–H groups in total. The van der Waals surface area contributed by atoms with Crippen molar-refractivity contribution in [2.75, 3.05) is 0 Å². The second-order valence-corrected chi connectivity index (χ2v) is 5.90. The van der Waals surface area contributed by atoms with Gasteiger partial charge in [0.1, 0.15) is 5.75 Å². The molecule has 0 radical (unpaired) electrons. The van der Waals surface area contributed by atoms with Crippen LogP contribution in [0.2, 0.25) is 0 Å². The van der Waals surface area contributed by atoms with Gasteiger partial charge in [-0.15, -0.1) is 6.58 Å². The number of carbonyl (C=O) groups excluding carboxylic acids is 1. The van der Waals surface area contributed by atoms with Gasteiger partial charge < -0.3 is 4.74 Å². The maximum atomic E-state index is 12.6. The van der Waals surface area contributed by atoms with Crippen molar-refractivity contribution in [1.29, 1.82) is 0 Å². The van der Waals surface area contributed by atoms with E-state index in [1.807, 2.05) is 52.0 Å². The van der Waals surface area contributed by atoms with Gasteiger partial charge in [0, 0.05) is 11.3 Å². The first-order chi connectivity index (χ1) is 10.8. The lowest BCUT2D eigenvalue weighted by atomic mass is 10.1. The van der Waals surface area contributed by atoms with Crippen molar-refractivity contribution >= 4 is 5.91 Å². The number of ether oxygens (including phenoxy) is 1. The Labute approximate surface area is 137 Å². The average Bonchev–Trinajstić information content (AvgIpc) is 2.78. The highest BCUT2D eigenvalue weighted by Crippen LogP contribution is 2.19. The Kier molecular flexibility index (Phi) is 5.04. The molecule has 1 aromatic carbocycles. The zero-order valence-corrected chi connectivity index (χ0v) is 14.5. The van der Waals surface area contributed by atoms with E-state index in [9.17, 15) is 4.79 Å². The van der Waals surface area contributed by atoms with Crippen molar-refractivity contribution < 1.29 is 9.53 Å². The lowest BCUT2D eigenvalue weighted by Crippen LogP contribution is -2.31. The normalized spacial score (nSPS) is 12.0. The molecule has 23 heavy (non-hydrogen) atoms. The molecule has 0 saturated heterocycles. The average molecular weight is 312 g/mol. The van der Waals surface area contributed by atoms with Gasteiger partial charge in [-0.05, 0) is 64.3 Å². The molecule has 0 amide bonds. The zero-order valence-electron chi connectivity index (χ0n) is 14.5. The molecule has 1 atom stereocenters. The summed E-state index contributed by atoms with van der Waals surface area (Å²) in [7, 11) is 0. The molecule has 122 valence electrons. The maximum Gasteiger partial charge on any atom is 0.287 e. The largest absolute Gasteiger partial charge is 0.481 e. The third-order valence-corrected chi connectivity index (χ3v) is 4.14. The molecule has 0 bridgehead atoms. The number of hydrogen-bond donors (Lipinski definition) is 0. The van der Waals surface area contributed by atoms with Gasteiger partial charge in [-0.3, -0.25) is 4.79 Å². The molecule has 2 rings (SSSR count). The lowest BCUT2D eigenvalue weighted by Gasteiger charge is -2.15. The van der Waals surface area contributed by atoms with E-state index >= 15 is 0 Å². The molecule has 0 spiro atoms. The van der Waals surface area contributed by atoms with E-state index in [1.54, 1.807) is 6.92 Å². The van der Waals surface area contributed by atoms with E-state index in [1.165, 1.54) is 10.2 Å². The lowest BCUT2D eigenvalue weighted by molar-refractivity contribution is 0.0707. The number of rotatable bonds is 5. The van der Waals surface area contributed by atoms with Crippen LogP contribution in [-0.2, 0) is 6.42 Å². The molecule has 1 heterocycles. The van der Waals surface area contributed by atoms with Gasteiger partial charge >= 0.3 is 0 Å². The number of allylic oxidation sites excluding steroid dienone is 1. The Balaban J connectivity index is 2.21. The monoisotopic (exact) mass is 312 g/mol. The summed E-state index contributed by atoms with van der Waals surface area (Å²) < 4.78 is 7.24. The first-order valence-electron chi connectivity index (χ1n) is 7.79. The van der Waals surface area contributed by atoms with Gasteiger partial charge in [-0.2, -0.15) is 5.10 Å². The van der Waals surface area contributed by atoms with Crippen molar-refractivity contribution in [3.05, 3.63) is 58.9 Å². The van der Waals surface area contributed by atoms with Gasteiger partial charge in [0.25, 0.3) is 5.91 Å². The predicted octanol–water partition coefficient (Wildman–Crippen LogP) is 3.95. The standard InChI is InChI=1S/C19H24N2O2/c1-7-8-18-14(4)20-21(15(18)5)19(22)16(6)23-17-10-9-12(2)13(3)11-17/h7,9-11,16H,1,8H2,2-6H3. The van der Waals surface area contributed by atoms with Gasteiger partial charge in [-0.1, -0.05) is 12.1 Å². The third-order valence-electron chi connectivity index (χ3n) is 4.14. The second kappa shape index (κ2) is 6.82. The number of aryl methyl sites for hydroxylation is 3. The summed E-state index contributed by atoms with van der Waals surface area (Å²) in [4.78, 5) is 12.6. The minimum absolute atomic E-state index is 0.167. The summed E-state index contributed by atoms with van der Waals surface area (Å²) in [6.07, 6.45) is 1.92. The summed E-state index contributed by atoms with van der Waals surface area (Å²) in [5.74, 6) is 0.529. The summed E-state index contributed by atoms with van der Waals surface area (Å²) in [6.45, 7) is 13.4. The molecule has 0 aliphatic heterocycles. The van der Waals surface area contributed by atoms with Gasteiger partial charge in [-0.25, -0.2) is 4.68 Å². The summed E-state index contributed by atoms with van der Waals surface area (Å²) >= 11 is 0.